The van der Waals surface area contributed by atoms with Crippen molar-refractivity contribution in [2.45, 2.75) is 27.2 Å². The third-order valence-corrected chi connectivity index (χ3v) is 2.54. The van der Waals surface area contributed by atoms with Crippen LogP contribution < -0.4 is 11.2 Å². The lowest BCUT2D eigenvalue weighted by Crippen LogP contribution is -2.30. The van der Waals surface area contributed by atoms with Crippen molar-refractivity contribution in [3.63, 3.8) is 0 Å². The Morgan fingerprint density at radius 1 is 1.47 bits per heavy atom. The molecule has 1 aromatic rings. The first-order valence-corrected chi connectivity index (χ1v) is 5.22. The van der Waals surface area contributed by atoms with E-state index in [-0.39, 0.29) is 11.8 Å². The van der Waals surface area contributed by atoms with E-state index >= 15 is 0 Å². The molecule has 1 atom stereocenters. The lowest BCUT2D eigenvalue weighted by atomic mass is 10.1. The van der Waals surface area contributed by atoms with E-state index < -0.39 is 0 Å². The highest BCUT2D eigenvalue weighted by atomic mass is 16.2. The summed E-state index contributed by atoms with van der Waals surface area (Å²) in [6.07, 6.45) is 0.713. The third kappa shape index (κ3) is 2.83. The van der Waals surface area contributed by atoms with Gasteiger partial charge in [0, 0.05) is 17.3 Å². The van der Waals surface area contributed by atoms with Crippen molar-refractivity contribution in [2.75, 3.05) is 12.0 Å². The standard InChI is InChI=1S/C11H19N3O/c1-8(6-7-12)11(15)13-14-9(2)4-5-10(14)3/h4-5,8H,6-7,12H2,1-3H3,(H,13,15). The smallest absolute Gasteiger partial charge is 0.241 e. The Balaban J connectivity index is 2.66. The van der Waals surface area contributed by atoms with Crippen LogP contribution in [-0.4, -0.2) is 17.1 Å². The first-order chi connectivity index (χ1) is 7.06. The molecule has 0 radical (unpaired) electrons. The van der Waals surface area contributed by atoms with E-state index in [1.807, 2.05) is 32.9 Å². The molecular formula is C11H19N3O. The second-order valence-corrected chi connectivity index (χ2v) is 3.91. The Morgan fingerprint density at radius 3 is 2.47 bits per heavy atom. The maximum absolute atomic E-state index is 11.7. The Morgan fingerprint density at radius 2 is 2.00 bits per heavy atom. The summed E-state index contributed by atoms with van der Waals surface area (Å²) >= 11 is 0. The van der Waals surface area contributed by atoms with E-state index in [1.54, 1.807) is 4.68 Å². The molecule has 4 heteroatoms. The lowest BCUT2D eigenvalue weighted by molar-refractivity contribution is -0.120. The zero-order valence-corrected chi connectivity index (χ0v) is 9.58. The second kappa shape index (κ2) is 4.98. The fourth-order valence-electron chi connectivity index (χ4n) is 1.45. The molecule has 1 heterocycles. The predicted molar refractivity (Wildman–Crippen MR) is 61.1 cm³/mol. The van der Waals surface area contributed by atoms with Gasteiger partial charge in [-0.3, -0.25) is 14.9 Å². The van der Waals surface area contributed by atoms with E-state index in [2.05, 4.69) is 5.43 Å². The summed E-state index contributed by atoms with van der Waals surface area (Å²) in [5.74, 6) is -0.0287. The molecule has 15 heavy (non-hydrogen) atoms. The molecule has 1 unspecified atom stereocenters. The number of rotatable bonds is 4. The third-order valence-electron chi connectivity index (χ3n) is 2.54. The van der Waals surface area contributed by atoms with Crippen molar-refractivity contribution in [3.05, 3.63) is 23.5 Å². The van der Waals surface area contributed by atoms with E-state index in [9.17, 15) is 4.79 Å². The SMILES string of the molecule is Cc1ccc(C)n1NC(=O)C(C)CCN. The van der Waals surface area contributed by atoms with Crippen molar-refractivity contribution in [2.24, 2.45) is 11.7 Å². The number of hydrogen-bond donors (Lipinski definition) is 2. The van der Waals surface area contributed by atoms with Crippen LogP contribution in [0.1, 0.15) is 24.7 Å². The number of nitrogens with zero attached hydrogens (tertiary/aromatic N) is 1. The number of nitrogens with one attached hydrogen (secondary N) is 1. The second-order valence-electron chi connectivity index (χ2n) is 3.91. The largest absolute Gasteiger partial charge is 0.330 e. The average Bonchev–Trinajstić information content (AvgIpc) is 2.49. The molecule has 0 aromatic carbocycles. The zero-order valence-electron chi connectivity index (χ0n) is 9.58. The van der Waals surface area contributed by atoms with Crippen molar-refractivity contribution in [1.82, 2.24) is 4.68 Å². The van der Waals surface area contributed by atoms with E-state index in [1.165, 1.54) is 0 Å². The topological polar surface area (TPSA) is 60.0 Å². The average molecular weight is 209 g/mol. The van der Waals surface area contributed by atoms with Crippen molar-refractivity contribution < 1.29 is 4.79 Å². The number of aryl methyl sites for hydroxylation is 2. The molecule has 84 valence electrons. The molecule has 0 aliphatic carbocycles. The van der Waals surface area contributed by atoms with Gasteiger partial charge in [0.25, 0.3) is 0 Å². The molecule has 1 amide bonds. The summed E-state index contributed by atoms with van der Waals surface area (Å²) in [4.78, 5) is 11.7. The van der Waals surface area contributed by atoms with Gasteiger partial charge < -0.3 is 5.73 Å². The summed E-state index contributed by atoms with van der Waals surface area (Å²) in [5, 5.41) is 0. The molecule has 3 N–H and O–H groups in total. The Bertz CT molecular complexity index is 324. The molecule has 0 fully saturated rings. The van der Waals surface area contributed by atoms with E-state index in [0.29, 0.717) is 13.0 Å². The van der Waals surface area contributed by atoms with Crippen molar-refractivity contribution in [1.29, 1.82) is 0 Å². The minimum atomic E-state index is -0.0452. The molecule has 0 aliphatic heterocycles. The highest BCUT2D eigenvalue weighted by Gasteiger charge is 2.13. The van der Waals surface area contributed by atoms with Gasteiger partial charge in [0.05, 0.1) is 0 Å². The molecule has 1 rings (SSSR count). The summed E-state index contributed by atoms with van der Waals surface area (Å²) in [6.45, 7) is 6.34. The van der Waals surface area contributed by atoms with Crippen molar-refractivity contribution in [3.8, 4) is 0 Å². The molecule has 4 nitrogen and oxygen atoms in total. The molecule has 0 spiro atoms. The van der Waals surface area contributed by atoms with Crippen LogP contribution in [0.25, 0.3) is 0 Å². The van der Waals surface area contributed by atoms with Crippen LogP contribution in [0.3, 0.4) is 0 Å². The fraction of sp³-hybridized carbons (Fsp3) is 0.545. The minimum Gasteiger partial charge on any atom is -0.330 e. The first-order valence-electron chi connectivity index (χ1n) is 5.22. The Kier molecular flexibility index (Phi) is 3.91. The maximum atomic E-state index is 11.7. The van der Waals surface area contributed by atoms with Crippen molar-refractivity contribution >= 4 is 5.91 Å². The maximum Gasteiger partial charge on any atom is 0.241 e. The quantitative estimate of drug-likeness (QED) is 0.781. The van der Waals surface area contributed by atoms with Gasteiger partial charge in [-0.2, -0.15) is 0 Å². The minimum absolute atomic E-state index is 0.0165. The monoisotopic (exact) mass is 209 g/mol. The van der Waals surface area contributed by atoms with Gasteiger partial charge in [0.1, 0.15) is 0 Å². The van der Waals surface area contributed by atoms with Gasteiger partial charge in [0.15, 0.2) is 0 Å². The van der Waals surface area contributed by atoms with Gasteiger partial charge >= 0.3 is 0 Å². The van der Waals surface area contributed by atoms with Gasteiger partial charge in [0.2, 0.25) is 5.91 Å². The number of carbonyl (C=O) groups is 1. The fourth-order valence-corrected chi connectivity index (χ4v) is 1.45. The molecule has 0 saturated heterocycles. The van der Waals surface area contributed by atoms with Crippen LogP contribution in [0.15, 0.2) is 12.1 Å². The van der Waals surface area contributed by atoms with Gasteiger partial charge in [-0.05, 0) is 38.9 Å². The molecule has 0 aliphatic rings. The zero-order chi connectivity index (χ0) is 11.4. The normalized spacial score (nSPS) is 12.5. The summed E-state index contributed by atoms with van der Waals surface area (Å²) < 4.78 is 1.80. The predicted octanol–water partition coefficient (Wildman–Crippen LogP) is 1.16. The number of carbonyl (C=O) groups excluding carboxylic acids is 1. The number of amides is 1. The van der Waals surface area contributed by atoms with Crippen LogP contribution in [-0.2, 0) is 4.79 Å². The Labute approximate surface area is 90.4 Å². The number of aromatic nitrogens is 1. The van der Waals surface area contributed by atoms with E-state index in [4.69, 9.17) is 5.73 Å². The highest BCUT2D eigenvalue weighted by molar-refractivity contribution is 5.85. The van der Waals surface area contributed by atoms with E-state index in [0.717, 1.165) is 11.4 Å². The van der Waals surface area contributed by atoms with Gasteiger partial charge in [-0.25, -0.2) is 0 Å². The Hall–Kier alpha value is -1.29. The molecular weight excluding hydrogens is 190 g/mol. The van der Waals surface area contributed by atoms with Crippen LogP contribution in [0, 0.1) is 19.8 Å². The molecule has 1 aromatic heterocycles. The molecule has 0 saturated carbocycles. The summed E-state index contributed by atoms with van der Waals surface area (Å²) in [6, 6.07) is 3.95. The summed E-state index contributed by atoms with van der Waals surface area (Å²) in [7, 11) is 0. The number of hydrogen-bond acceptors (Lipinski definition) is 2. The van der Waals surface area contributed by atoms with Gasteiger partial charge in [-0.1, -0.05) is 6.92 Å². The highest BCUT2D eigenvalue weighted by Crippen LogP contribution is 2.06. The summed E-state index contributed by atoms with van der Waals surface area (Å²) in [5.41, 5.74) is 10.3. The van der Waals surface area contributed by atoms with Gasteiger partial charge in [-0.15, -0.1) is 0 Å². The van der Waals surface area contributed by atoms with Crippen LogP contribution in [0.4, 0.5) is 0 Å². The van der Waals surface area contributed by atoms with Crippen LogP contribution in [0.5, 0.6) is 0 Å². The molecule has 0 bridgehead atoms. The van der Waals surface area contributed by atoms with Crippen LogP contribution in [0.2, 0.25) is 0 Å². The van der Waals surface area contributed by atoms with Crippen LogP contribution >= 0.6 is 0 Å². The lowest BCUT2D eigenvalue weighted by Gasteiger charge is -2.14. The first kappa shape index (κ1) is 11.8. The number of nitrogens with two attached hydrogens (primary N) is 1.